The molecular weight excluding hydrogens is 268 g/mol. The molecule has 1 aliphatic carbocycles. The predicted octanol–water partition coefficient (Wildman–Crippen LogP) is 0.386. The monoisotopic (exact) mass is 288 g/mol. The third-order valence-corrected chi connectivity index (χ3v) is 4.43. The first-order chi connectivity index (χ1) is 10.3. The molecule has 1 atom stereocenters. The Hall–Kier alpha value is -1.89. The first kappa shape index (κ1) is 12.8. The minimum atomic E-state index is -0.237. The van der Waals surface area contributed by atoms with Gasteiger partial charge in [-0.2, -0.15) is 5.10 Å². The summed E-state index contributed by atoms with van der Waals surface area (Å²) < 4.78 is 1.44. The van der Waals surface area contributed by atoms with E-state index in [1.54, 1.807) is 6.33 Å². The molecule has 2 fully saturated rings. The Morgan fingerprint density at radius 1 is 1.38 bits per heavy atom. The number of rotatable bonds is 4. The molecule has 0 radical (unpaired) electrons. The average molecular weight is 288 g/mol. The summed E-state index contributed by atoms with van der Waals surface area (Å²) in [6.07, 6.45) is 6.58. The molecule has 21 heavy (non-hydrogen) atoms. The summed E-state index contributed by atoms with van der Waals surface area (Å²) in [6, 6.07) is 2.51. The summed E-state index contributed by atoms with van der Waals surface area (Å²) in [5.74, 6) is 1.62. The highest BCUT2D eigenvalue weighted by atomic mass is 16.1. The molecule has 0 bridgehead atoms. The smallest absolute Gasteiger partial charge is 0.348 e. The molecule has 1 unspecified atom stereocenters. The summed E-state index contributed by atoms with van der Waals surface area (Å²) in [5, 5.41) is 9.97. The van der Waals surface area contributed by atoms with Crippen molar-refractivity contribution < 1.29 is 0 Å². The first-order valence-corrected chi connectivity index (χ1v) is 7.71. The van der Waals surface area contributed by atoms with Gasteiger partial charge in [-0.25, -0.2) is 19.3 Å². The van der Waals surface area contributed by atoms with E-state index in [2.05, 4.69) is 25.4 Å². The molecule has 7 heteroatoms. The molecule has 3 heterocycles. The fourth-order valence-electron chi connectivity index (χ4n) is 3.13. The molecule has 1 aliphatic heterocycles. The Kier molecular flexibility index (Phi) is 3.14. The van der Waals surface area contributed by atoms with Gasteiger partial charge >= 0.3 is 5.69 Å². The van der Waals surface area contributed by atoms with Crippen molar-refractivity contribution in [3.8, 4) is 0 Å². The Labute approximate surface area is 122 Å². The zero-order valence-electron chi connectivity index (χ0n) is 12.0. The van der Waals surface area contributed by atoms with Crippen LogP contribution >= 0.6 is 0 Å². The number of piperidine rings is 1. The van der Waals surface area contributed by atoms with Crippen LogP contribution in [0.15, 0.2) is 17.2 Å². The summed E-state index contributed by atoms with van der Waals surface area (Å²) in [6.45, 7) is 3.27. The van der Waals surface area contributed by atoms with Crippen LogP contribution in [0.25, 0.3) is 5.65 Å². The molecule has 0 spiro atoms. The van der Waals surface area contributed by atoms with E-state index in [4.69, 9.17) is 0 Å². The Morgan fingerprint density at radius 2 is 2.29 bits per heavy atom. The van der Waals surface area contributed by atoms with E-state index in [1.165, 1.54) is 30.1 Å². The summed E-state index contributed by atoms with van der Waals surface area (Å²) in [7, 11) is 0. The number of aromatic amines is 1. The number of nitrogens with one attached hydrogen (secondary N) is 2. The lowest BCUT2D eigenvalue weighted by Crippen LogP contribution is -2.39. The Morgan fingerprint density at radius 3 is 3.05 bits per heavy atom. The van der Waals surface area contributed by atoms with Crippen LogP contribution in [-0.4, -0.2) is 45.3 Å². The third-order valence-electron chi connectivity index (χ3n) is 4.43. The molecule has 2 N–H and O–H groups in total. The second-order valence-electron chi connectivity index (χ2n) is 6.10. The van der Waals surface area contributed by atoms with Gasteiger partial charge in [-0.1, -0.05) is 0 Å². The number of fused-ring (bicyclic) bond motifs is 1. The van der Waals surface area contributed by atoms with Gasteiger partial charge in [-0.05, 0) is 44.7 Å². The molecule has 1 saturated heterocycles. The fourth-order valence-corrected chi connectivity index (χ4v) is 3.13. The molecule has 112 valence electrons. The minimum Gasteiger partial charge on any atom is -0.353 e. The molecule has 0 amide bonds. The number of H-pyrrole nitrogens is 1. The van der Waals surface area contributed by atoms with Gasteiger partial charge < -0.3 is 10.2 Å². The van der Waals surface area contributed by atoms with E-state index in [-0.39, 0.29) is 5.69 Å². The van der Waals surface area contributed by atoms with E-state index in [0.29, 0.717) is 17.6 Å². The summed E-state index contributed by atoms with van der Waals surface area (Å²) in [4.78, 5) is 18.4. The second-order valence-corrected chi connectivity index (χ2v) is 6.10. The predicted molar refractivity (Wildman–Crippen MR) is 79.6 cm³/mol. The molecule has 2 aliphatic rings. The zero-order valence-corrected chi connectivity index (χ0v) is 12.0. The van der Waals surface area contributed by atoms with Crippen LogP contribution in [0.1, 0.15) is 25.7 Å². The van der Waals surface area contributed by atoms with Crippen LogP contribution in [-0.2, 0) is 0 Å². The maximum Gasteiger partial charge on any atom is 0.348 e. The number of anilines is 1. The first-order valence-electron chi connectivity index (χ1n) is 7.71. The lowest BCUT2D eigenvalue weighted by Gasteiger charge is -2.31. The number of hydrogen-bond donors (Lipinski definition) is 2. The van der Waals surface area contributed by atoms with Crippen LogP contribution in [0.2, 0.25) is 0 Å². The van der Waals surface area contributed by atoms with Crippen molar-refractivity contribution in [3.63, 3.8) is 0 Å². The Balaban J connectivity index is 1.60. The van der Waals surface area contributed by atoms with E-state index in [9.17, 15) is 4.79 Å². The largest absolute Gasteiger partial charge is 0.353 e. The SMILES string of the molecule is O=c1[nH]nc2cc(N(CC3CCCNC3)C3CC3)ncn12. The molecular formula is C14H20N6O. The number of hydrogen-bond acceptors (Lipinski definition) is 5. The number of aromatic nitrogens is 4. The van der Waals surface area contributed by atoms with Crippen LogP contribution < -0.4 is 15.9 Å². The van der Waals surface area contributed by atoms with Gasteiger partial charge in [0.25, 0.3) is 0 Å². The van der Waals surface area contributed by atoms with Crippen molar-refractivity contribution in [2.75, 3.05) is 24.5 Å². The van der Waals surface area contributed by atoms with Crippen molar-refractivity contribution in [2.45, 2.75) is 31.7 Å². The molecule has 0 aromatic carbocycles. The summed E-state index contributed by atoms with van der Waals surface area (Å²) in [5.41, 5.74) is 0.399. The van der Waals surface area contributed by atoms with Gasteiger partial charge in [0.2, 0.25) is 0 Å². The van der Waals surface area contributed by atoms with Gasteiger partial charge in [0.15, 0.2) is 5.65 Å². The Bertz CT molecular complexity index is 682. The normalized spacial score (nSPS) is 22.6. The van der Waals surface area contributed by atoms with Gasteiger partial charge in [-0.15, -0.1) is 0 Å². The quantitative estimate of drug-likeness (QED) is 0.851. The van der Waals surface area contributed by atoms with Gasteiger partial charge in [-0.3, -0.25) is 0 Å². The standard InChI is InChI=1S/C14H20N6O/c21-14-18-17-13-6-12(16-9-20(13)14)19(11-3-4-11)8-10-2-1-5-15-7-10/h6,9-11,15H,1-5,7-8H2,(H,18,21). The molecule has 2 aromatic heterocycles. The molecule has 4 rings (SSSR count). The number of nitrogens with zero attached hydrogens (tertiary/aromatic N) is 4. The van der Waals surface area contributed by atoms with Gasteiger partial charge in [0.1, 0.15) is 12.1 Å². The van der Waals surface area contributed by atoms with Crippen LogP contribution in [0, 0.1) is 5.92 Å². The van der Waals surface area contributed by atoms with Crippen molar-refractivity contribution in [1.82, 2.24) is 24.9 Å². The van der Waals surface area contributed by atoms with Gasteiger partial charge in [0, 0.05) is 18.7 Å². The molecule has 1 saturated carbocycles. The lowest BCUT2D eigenvalue weighted by molar-refractivity contribution is 0.375. The highest BCUT2D eigenvalue weighted by Crippen LogP contribution is 2.32. The average Bonchev–Trinajstić information content (AvgIpc) is 3.30. The van der Waals surface area contributed by atoms with Crippen LogP contribution in [0.5, 0.6) is 0 Å². The maximum atomic E-state index is 11.5. The van der Waals surface area contributed by atoms with E-state index in [1.807, 2.05) is 6.07 Å². The van der Waals surface area contributed by atoms with Crippen LogP contribution in [0.4, 0.5) is 5.82 Å². The van der Waals surface area contributed by atoms with Gasteiger partial charge in [0.05, 0.1) is 0 Å². The highest BCUT2D eigenvalue weighted by molar-refractivity contribution is 5.51. The van der Waals surface area contributed by atoms with Crippen molar-refractivity contribution in [1.29, 1.82) is 0 Å². The maximum absolute atomic E-state index is 11.5. The zero-order chi connectivity index (χ0) is 14.2. The highest BCUT2D eigenvalue weighted by Gasteiger charge is 2.32. The van der Waals surface area contributed by atoms with Crippen molar-refractivity contribution in [2.24, 2.45) is 5.92 Å². The van der Waals surface area contributed by atoms with Crippen LogP contribution in [0.3, 0.4) is 0 Å². The molecule has 2 aromatic rings. The lowest BCUT2D eigenvalue weighted by atomic mass is 9.99. The van der Waals surface area contributed by atoms with E-state index in [0.717, 1.165) is 25.5 Å². The fraction of sp³-hybridized carbons (Fsp3) is 0.643. The third kappa shape index (κ3) is 2.53. The van der Waals surface area contributed by atoms with E-state index < -0.39 is 0 Å². The van der Waals surface area contributed by atoms with Crippen molar-refractivity contribution >= 4 is 11.5 Å². The van der Waals surface area contributed by atoms with E-state index >= 15 is 0 Å². The van der Waals surface area contributed by atoms with Crippen molar-refractivity contribution in [3.05, 3.63) is 22.9 Å². The molecule has 7 nitrogen and oxygen atoms in total. The summed E-state index contributed by atoms with van der Waals surface area (Å²) >= 11 is 0. The second kappa shape index (κ2) is 5.14. The minimum absolute atomic E-state index is 0.237. The topological polar surface area (TPSA) is 78.3 Å².